The highest BCUT2D eigenvalue weighted by Gasteiger charge is 2.32. The number of imidazole rings is 1. The van der Waals surface area contributed by atoms with Crippen molar-refractivity contribution in [1.29, 1.82) is 0 Å². The lowest BCUT2D eigenvalue weighted by Gasteiger charge is -2.26. The van der Waals surface area contributed by atoms with Crippen molar-refractivity contribution in [3.8, 4) is 0 Å². The molecule has 1 aromatic heterocycles. The standard InChI is InChI=1S/C16H23N3O2/c1-5-14-18-12-8-6-7-9-13(12)19(14)11-10-16(2,17-3)15(20)21-4/h6-9,17H,5,10-11H2,1-4H3. The van der Waals surface area contributed by atoms with E-state index in [0.29, 0.717) is 6.42 Å². The number of carbonyl (C=O) groups excluding carboxylic acids is 1. The molecule has 1 atom stereocenters. The molecule has 1 N–H and O–H groups in total. The quantitative estimate of drug-likeness (QED) is 0.828. The van der Waals surface area contributed by atoms with Crippen LogP contribution in [0.5, 0.6) is 0 Å². The van der Waals surface area contributed by atoms with Gasteiger partial charge in [-0.15, -0.1) is 0 Å². The number of aromatic nitrogens is 2. The van der Waals surface area contributed by atoms with Crippen LogP contribution < -0.4 is 5.32 Å². The van der Waals surface area contributed by atoms with Crippen LogP contribution in [0.15, 0.2) is 24.3 Å². The van der Waals surface area contributed by atoms with E-state index in [1.807, 2.05) is 25.1 Å². The summed E-state index contributed by atoms with van der Waals surface area (Å²) in [5.41, 5.74) is 1.42. The van der Waals surface area contributed by atoms with Crippen molar-refractivity contribution in [2.45, 2.75) is 38.8 Å². The normalized spacial score (nSPS) is 14.1. The van der Waals surface area contributed by atoms with Gasteiger partial charge in [0, 0.05) is 13.0 Å². The average Bonchev–Trinajstić information content (AvgIpc) is 2.89. The van der Waals surface area contributed by atoms with Crippen molar-refractivity contribution in [3.63, 3.8) is 0 Å². The minimum absolute atomic E-state index is 0.243. The number of nitrogens with zero attached hydrogens (tertiary/aromatic N) is 2. The molecule has 0 fully saturated rings. The predicted molar refractivity (Wildman–Crippen MR) is 83.2 cm³/mol. The summed E-state index contributed by atoms with van der Waals surface area (Å²) in [5, 5.41) is 3.07. The summed E-state index contributed by atoms with van der Waals surface area (Å²) in [6.45, 7) is 4.68. The van der Waals surface area contributed by atoms with E-state index in [-0.39, 0.29) is 5.97 Å². The first-order valence-electron chi connectivity index (χ1n) is 7.27. The van der Waals surface area contributed by atoms with Crippen LogP contribution in [0.1, 0.15) is 26.1 Å². The topological polar surface area (TPSA) is 56.2 Å². The largest absolute Gasteiger partial charge is 0.468 e. The molecule has 0 aliphatic rings. The molecule has 0 bridgehead atoms. The van der Waals surface area contributed by atoms with Gasteiger partial charge in [-0.05, 0) is 32.5 Å². The van der Waals surface area contributed by atoms with E-state index < -0.39 is 5.54 Å². The van der Waals surface area contributed by atoms with E-state index in [2.05, 4.69) is 27.9 Å². The van der Waals surface area contributed by atoms with E-state index in [1.165, 1.54) is 7.11 Å². The number of rotatable bonds is 6. The maximum atomic E-state index is 11.9. The second-order valence-electron chi connectivity index (χ2n) is 5.35. The van der Waals surface area contributed by atoms with Crippen molar-refractivity contribution in [3.05, 3.63) is 30.1 Å². The van der Waals surface area contributed by atoms with Crippen molar-refractivity contribution >= 4 is 17.0 Å². The Morgan fingerprint density at radius 3 is 2.76 bits per heavy atom. The molecule has 1 aromatic carbocycles. The van der Waals surface area contributed by atoms with Crippen molar-refractivity contribution in [2.75, 3.05) is 14.2 Å². The second-order valence-corrected chi connectivity index (χ2v) is 5.35. The minimum Gasteiger partial charge on any atom is -0.468 e. The summed E-state index contributed by atoms with van der Waals surface area (Å²) in [7, 11) is 3.20. The van der Waals surface area contributed by atoms with Crippen LogP contribution in [0.25, 0.3) is 11.0 Å². The number of carbonyl (C=O) groups is 1. The Morgan fingerprint density at radius 1 is 1.43 bits per heavy atom. The van der Waals surface area contributed by atoms with Crippen molar-refractivity contribution < 1.29 is 9.53 Å². The van der Waals surface area contributed by atoms with Crippen LogP contribution >= 0.6 is 0 Å². The number of fused-ring (bicyclic) bond motifs is 1. The first-order chi connectivity index (χ1) is 10.1. The molecule has 0 saturated carbocycles. The zero-order valence-electron chi connectivity index (χ0n) is 13.1. The minimum atomic E-state index is -0.689. The SMILES string of the molecule is CCc1nc2ccccc2n1CCC(C)(NC)C(=O)OC. The molecule has 5 heteroatoms. The number of nitrogens with one attached hydrogen (secondary N) is 1. The van der Waals surface area contributed by atoms with Crippen LogP contribution in [0, 0.1) is 0 Å². The lowest BCUT2D eigenvalue weighted by molar-refractivity contribution is -0.148. The molecule has 0 spiro atoms. The average molecular weight is 289 g/mol. The van der Waals surface area contributed by atoms with Crippen LogP contribution in [-0.4, -0.2) is 35.2 Å². The maximum absolute atomic E-state index is 11.9. The first-order valence-corrected chi connectivity index (χ1v) is 7.27. The summed E-state index contributed by atoms with van der Waals surface area (Å²) < 4.78 is 7.08. The number of hydrogen-bond donors (Lipinski definition) is 1. The zero-order valence-corrected chi connectivity index (χ0v) is 13.1. The molecule has 1 heterocycles. The van der Waals surface area contributed by atoms with Gasteiger partial charge in [-0.1, -0.05) is 19.1 Å². The first kappa shape index (κ1) is 15.5. The Balaban J connectivity index is 2.29. The fraction of sp³-hybridized carbons (Fsp3) is 0.500. The zero-order chi connectivity index (χ0) is 15.5. The number of likely N-dealkylation sites (N-methyl/N-ethyl adjacent to an activating group) is 1. The van der Waals surface area contributed by atoms with Crippen molar-refractivity contribution in [1.82, 2.24) is 14.9 Å². The van der Waals surface area contributed by atoms with Gasteiger partial charge in [0.05, 0.1) is 18.1 Å². The summed E-state index contributed by atoms with van der Waals surface area (Å²) in [5.74, 6) is 0.798. The molecule has 21 heavy (non-hydrogen) atoms. The number of esters is 1. The number of hydrogen-bond acceptors (Lipinski definition) is 4. The van der Waals surface area contributed by atoms with Gasteiger partial charge in [0.25, 0.3) is 0 Å². The third-order valence-electron chi connectivity index (χ3n) is 4.07. The third-order valence-corrected chi connectivity index (χ3v) is 4.07. The molecular formula is C16H23N3O2. The predicted octanol–water partition coefficient (Wildman–Crippen LogP) is 2.14. The van der Waals surface area contributed by atoms with Gasteiger partial charge >= 0.3 is 5.97 Å². The number of para-hydroxylation sites is 2. The van der Waals surface area contributed by atoms with Gasteiger partial charge in [0.1, 0.15) is 11.4 Å². The monoisotopic (exact) mass is 289 g/mol. The fourth-order valence-corrected chi connectivity index (χ4v) is 2.53. The number of methoxy groups -OCH3 is 1. The lowest BCUT2D eigenvalue weighted by atomic mass is 9.98. The highest BCUT2D eigenvalue weighted by molar-refractivity contribution is 5.80. The Labute approximate surface area is 125 Å². The van der Waals surface area contributed by atoms with Gasteiger partial charge in [-0.2, -0.15) is 0 Å². The number of ether oxygens (including phenoxy) is 1. The van der Waals surface area contributed by atoms with Gasteiger partial charge < -0.3 is 14.6 Å². The second kappa shape index (κ2) is 6.26. The van der Waals surface area contributed by atoms with Crippen LogP contribution in [-0.2, 0) is 22.5 Å². The lowest BCUT2D eigenvalue weighted by Crippen LogP contribution is -2.49. The molecule has 0 amide bonds. The van der Waals surface area contributed by atoms with E-state index in [9.17, 15) is 4.79 Å². The number of aryl methyl sites for hydroxylation is 2. The van der Waals surface area contributed by atoms with Crippen molar-refractivity contribution in [2.24, 2.45) is 0 Å². The Hall–Kier alpha value is -1.88. The fourth-order valence-electron chi connectivity index (χ4n) is 2.53. The highest BCUT2D eigenvalue weighted by Crippen LogP contribution is 2.20. The molecule has 2 rings (SSSR count). The molecule has 0 aliphatic carbocycles. The summed E-state index contributed by atoms with van der Waals surface area (Å²) >= 11 is 0. The number of benzene rings is 1. The Morgan fingerprint density at radius 2 is 2.14 bits per heavy atom. The Bertz CT molecular complexity index is 635. The molecule has 114 valence electrons. The smallest absolute Gasteiger partial charge is 0.325 e. The summed E-state index contributed by atoms with van der Waals surface area (Å²) in [4.78, 5) is 16.6. The van der Waals surface area contributed by atoms with Gasteiger partial charge in [-0.25, -0.2) is 4.98 Å². The molecular weight excluding hydrogens is 266 g/mol. The Kier molecular flexibility index (Phi) is 4.63. The van der Waals surface area contributed by atoms with Crippen LogP contribution in [0.2, 0.25) is 0 Å². The molecule has 2 aromatic rings. The van der Waals surface area contributed by atoms with Crippen LogP contribution in [0.3, 0.4) is 0 Å². The molecule has 0 saturated heterocycles. The van der Waals surface area contributed by atoms with E-state index in [0.717, 1.165) is 29.8 Å². The van der Waals surface area contributed by atoms with Gasteiger partial charge in [0.15, 0.2) is 0 Å². The maximum Gasteiger partial charge on any atom is 0.325 e. The van der Waals surface area contributed by atoms with E-state index >= 15 is 0 Å². The molecule has 5 nitrogen and oxygen atoms in total. The van der Waals surface area contributed by atoms with Gasteiger partial charge in [0.2, 0.25) is 0 Å². The third kappa shape index (κ3) is 2.93. The highest BCUT2D eigenvalue weighted by atomic mass is 16.5. The van der Waals surface area contributed by atoms with E-state index in [4.69, 9.17) is 4.74 Å². The molecule has 0 radical (unpaired) electrons. The summed E-state index contributed by atoms with van der Waals surface area (Å²) in [6, 6.07) is 8.09. The molecule has 1 unspecified atom stereocenters. The summed E-state index contributed by atoms with van der Waals surface area (Å²) in [6.07, 6.45) is 1.51. The van der Waals surface area contributed by atoms with E-state index in [1.54, 1.807) is 7.05 Å². The van der Waals surface area contributed by atoms with Gasteiger partial charge in [-0.3, -0.25) is 4.79 Å². The molecule has 0 aliphatic heterocycles. The van der Waals surface area contributed by atoms with Crippen LogP contribution in [0.4, 0.5) is 0 Å².